The molecule has 0 aliphatic carbocycles. The van der Waals surface area contributed by atoms with Crippen molar-refractivity contribution in [2.24, 2.45) is 5.73 Å². The number of rotatable bonds is 6. The van der Waals surface area contributed by atoms with Crippen molar-refractivity contribution in [2.75, 3.05) is 11.4 Å². The normalized spacial score (nSPS) is 12.0. The lowest BCUT2D eigenvalue weighted by molar-refractivity contribution is -0.482. The summed E-state index contributed by atoms with van der Waals surface area (Å²) >= 11 is 0. The largest absolute Gasteiger partial charge is 0.346 e. The minimum Gasteiger partial charge on any atom is -0.346 e. The van der Waals surface area contributed by atoms with Gasteiger partial charge in [0.25, 0.3) is 0 Å². The van der Waals surface area contributed by atoms with Crippen LogP contribution in [0.4, 0.5) is 10.1 Å². The second kappa shape index (κ2) is 7.00. The lowest BCUT2D eigenvalue weighted by Crippen LogP contribution is -2.46. The van der Waals surface area contributed by atoms with Crippen LogP contribution in [-0.4, -0.2) is 17.6 Å². The molecule has 22 heavy (non-hydrogen) atoms. The molecule has 0 saturated heterocycles. The predicted octanol–water partition coefficient (Wildman–Crippen LogP) is 2.70. The number of nitro groups is 1. The highest BCUT2D eigenvalue weighted by Crippen LogP contribution is 2.20. The first-order chi connectivity index (χ1) is 10.5. The van der Waals surface area contributed by atoms with Crippen molar-refractivity contribution >= 4 is 5.69 Å². The molecule has 0 amide bonds. The smallest absolute Gasteiger partial charge is 0.236 e. The van der Waals surface area contributed by atoms with E-state index in [2.05, 4.69) is 0 Å². The second-order valence-corrected chi connectivity index (χ2v) is 5.17. The Morgan fingerprint density at radius 1 is 1.18 bits per heavy atom. The van der Waals surface area contributed by atoms with E-state index < -0.39 is 11.1 Å². The quantitative estimate of drug-likeness (QED) is 0.506. The van der Waals surface area contributed by atoms with E-state index in [-0.39, 0.29) is 12.4 Å². The highest BCUT2D eigenvalue weighted by molar-refractivity contribution is 5.49. The molecule has 2 aromatic carbocycles. The lowest BCUT2D eigenvalue weighted by atomic mass is 10.1. The summed E-state index contributed by atoms with van der Waals surface area (Å²) in [5.41, 5.74) is 8.70. The van der Waals surface area contributed by atoms with Crippen LogP contribution in [0.15, 0.2) is 48.5 Å². The second-order valence-electron chi connectivity index (χ2n) is 5.17. The molecule has 2 rings (SSSR count). The number of halogens is 1. The first kappa shape index (κ1) is 15.9. The number of hydrogen-bond acceptors (Lipinski definition) is 4. The third kappa shape index (κ3) is 4.26. The molecule has 1 atom stereocenters. The molecule has 0 radical (unpaired) electrons. The van der Waals surface area contributed by atoms with Crippen LogP contribution in [0, 0.1) is 22.9 Å². The van der Waals surface area contributed by atoms with Crippen LogP contribution in [0.1, 0.15) is 11.1 Å². The fourth-order valence-corrected chi connectivity index (χ4v) is 2.17. The molecule has 0 spiro atoms. The van der Waals surface area contributed by atoms with Gasteiger partial charge in [-0.05, 0) is 36.8 Å². The van der Waals surface area contributed by atoms with Gasteiger partial charge in [-0.25, -0.2) is 4.39 Å². The van der Waals surface area contributed by atoms with E-state index in [9.17, 15) is 14.5 Å². The molecule has 0 bridgehead atoms. The number of anilines is 1. The van der Waals surface area contributed by atoms with Gasteiger partial charge < -0.3 is 10.6 Å². The fourth-order valence-electron chi connectivity index (χ4n) is 2.17. The van der Waals surface area contributed by atoms with Gasteiger partial charge >= 0.3 is 0 Å². The molecule has 0 aromatic heterocycles. The first-order valence-corrected chi connectivity index (χ1v) is 6.91. The number of hydrogen-bond donors (Lipinski definition) is 1. The molecule has 6 heteroatoms. The Bertz CT molecular complexity index is 629. The van der Waals surface area contributed by atoms with Gasteiger partial charge in [-0.1, -0.05) is 29.8 Å². The van der Waals surface area contributed by atoms with Crippen LogP contribution in [0.5, 0.6) is 0 Å². The highest BCUT2D eigenvalue weighted by Gasteiger charge is 2.20. The van der Waals surface area contributed by atoms with Gasteiger partial charge in [-0.2, -0.15) is 0 Å². The van der Waals surface area contributed by atoms with Crippen LogP contribution in [-0.2, 0) is 6.54 Å². The molecule has 2 aromatic rings. The van der Waals surface area contributed by atoms with Gasteiger partial charge in [-0.3, -0.25) is 10.1 Å². The summed E-state index contributed by atoms with van der Waals surface area (Å²) in [5, 5.41) is 10.7. The molecular formula is C16H18FN3O2. The van der Waals surface area contributed by atoms with Crippen molar-refractivity contribution in [2.45, 2.75) is 19.6 Å². The van der Waals surface area contributed by atoms with E-state index >= 15 is 0 Å². The van der Waals surface area contributed by atoms with E-state index in [1.165, 1.54) is 12.1 Å². The zero-order valence-electron chi connectivity index (χ0n) is 12.3. The van der Waals surface area contributed by atoms with Gasteiger partial charge in [0.05, 0.1) is 0 Å². The molecule has 0 fully saturated rings. The minimum absolute atomic E-state index is 0.319. The summed E-state index contributed by atoms with van der Waals surface area (Å²) in [6, 6.07) is 13.6. The van der Waals surface area contributed by atoms with Crippen molar-refractivity contribution in [3.63, 3.8) is 0 Å². The van der Waals surface area contributed by atoms with Crippen LogP contribution in [0.25, 0.3) is 0 Å². The van der Waals surface area contributed by atoms with Gasteiger partial charge in [0.2, 0.25) is 6.54 Å². The lowest BCUT2D eigenvalue weighted by Gasteiger charge is -2.29. The third-order valence-corrected chi connectivity index (χ3v) is 3.37. The van der Waals surface area contributed by atoms with E-state index in [4.69, 9.17) is 5.73 Å². The molecular weight excluding hydrogens is 285 g/mol. The predicted molar refractivity (Wildman–Crippen MR) is 83.6 cm³/mol. The maximum Gasteiger partial charge on any atom is 0.236 e. The highest BCUT2D eigenvalue weighted by atomic mass is 19.1. The van der Waals surface area contributed by atoms with Gasteiger partial charge in [0.1, 0.15) is 12.0 Å². The Hall–Kier alpha value is -2.47. The Kier molecular flexibility index (Phi) is 5.06. The topological polar surface area (TPSA) is 72.4 Å². The Morgan fingerprint density at radius 2 is 1.77 bits per heavy atom. The summed E-state index contributed by atoms with van der Waals surface area (Å²) < 4.78 is 13.0. The minimum atomic E-state index is -0.761. The standard InChI is InChI=1S/C16H18FN3O2/c1-12-2-8-15(9-3-12)19(16(18)11-20(21)22)10-13-4-6-14(17)7-5-13/h2-9,16H,10-11,18H2,1H3. The number of benzene rings is 2. The summed E-state index contributed by atoms with van der Waals surface area (Å²) in [6.07, 6.45) is -0.761. The van der Waals surface area contributed by atoms with E-state index in [0.29, 0.717) is 6.54 Å². The van der Waals surface area contributed by atoms with E-state index in [0.717, 1.165) is 16.8 Å². The van der Waals surface area contributed by atoms with E-state index in [1.54, 1.807) is 17.0 Å². The summed E-state index contributed by atoms with van der Waals surface area (Å²) in [4.78, 5) is 12.1. The zero-order chi connectivity index (χ0) is 16.1. The van der Waals surface area contributed by atoms with Crippen molar-refractivity contribution in [3.8, 4) is 0 Å². The number of nitrogens with zero attached hydrogens (tertiary/aromatic N) is 2. The molecule has 0 saturated carbocycles. The first-order valence-electron chi connectivity index (χ1n) is 6.91. The summed E-state index contributed by atoms with van der Waals surface area (Å²) in [6.45, 7) is 1.97. The Labute approximate surface area is 128 Å². The van der Waals surface area contributed by atoms with E-state index in [1.807, 2.05) is 31.2 Å². The molecule has 116 valence electrons. The van der Waals surface area contributed by atoms with Gasteiger partial charge in [0.15, 0.2) is 0 Å². The SMILES string of the molecule is Cc1ccc(N(Cc2ccc(F)cc2)C(N)C[N+](=O)[O-])cc1. The molecule has 0 aliphatic heterocycles. The molecule has 1 unspecified atom stereocenters. The monoisotopic (exact) mass is 303 g/mol. The Morgan fingerprint density at radius 3 is 2.32 bits per heavy atom. The average Bonchev–Trinajstić information content (AvgIpc) is 2.47. The van der Waals surface area contributed by atoms with Crippen LogP contribution in [0.2, 0.25) is 0 Å². The fraction of sp³-hybridized carbons (Fsp3) is 0.250. The summed E-state index contributed by atoms with van der Waals surface area (Å²) in [5.74, 6) is -0.319. The third-order valence-electron chi connectivity index (χ3n) is 3.37. The number of aryl methyl sites for hydroxylation is 1. The average molecular weight is 303 g/mol. The molecule has 5 nitrogen and oxygen atoms in total. The maximum absolute atomic E-state index is 13.0. The van der Waals surface area contributed by atoms with Crippen LogP contribution >= 0.6 is 0 Å². The number of nitrogens with two attached hydrogens (primary N) is 1. The van der Waals surface area contributed by atoms with Crippen molar-refractivity contribution in [3.05, 3.63) is 75.6 Å². The molecule has 2 N–H and O–H groups in total. The van der Waals surface area contributed by atoms with Crippen LogP contribution in [0.3, 0.4) is 0 Å². The van der Waals surface area contributed by atoms with Crippen LogP contribution < -0.4 is 10.6 Å². The van der Waals surface area contributed by atoms with Crippen molar-refractivity contribution in [1.82, 2.24) is 0 Å². The summed E-state index contributed by atoms with van der Waals surface area (Å²) in [7, 11) is 0. The maximum atomic E-state index is 13.0. The van der Waals surface area contributed by atoms with Crippen molar-refractivity contribution in [1.29, 1.82) is 0 Å². The van der Waals surface area contributed by atoms with Gasteiger partial charge in [-0.15, -0.1) is 0 Å². The Balaban J connectivity index is 2.26. The molecule has 0 aliphatic rings. The van der Waals surface area contributed by atoms with Gasteiger partial charge in [0, 0.05) is 17.2 Å². The zero-order valence-corrected chi connectivity index (χ0v) is 12.3. The van der Waals surface area contributed by atoms with Crippen molar-refractivity contribution < 1.29 is 9.31 Å². The molecule has 0 heterocycles.